The molecule has 1 N–H and O–H groups in total. The van der Waals surface area contributed by atoms with Crippen molar-refractivity contribution in [1.82, 2.24) is 9.97 Å². The number of carbonyl (C=O) groups excluding carboxylic acids is 1. The molecule has 0 fully saturated rings. The second kappa shape index (κ2) is 7.19. The lowest BCUT2D eigenvalue weighted by Gasteiger charge is -2.18. The molecule has 2 aromatic carbocycles. The Balaban J connectivity index is 1.59. The third-order valence-electron chi connectivity index (χ3n) is 4.82. The van der Waals surface area contributed by atoms with Crippen LogP contribution in [-0.2, 0) is 12.8 Å². The van der Waals surface area contributed by atoms with Gasteiger partial charge in [-0.2, -0.15) is 0 Å². The Bertz CT molecular complexity index is 982. The number of rotatable bonds is 4. The van der Waals surface area contributed by atoms with Gasteiger partial charge >= 0.3 is 0 Å². The summed E-state index contributed by atoms with van der Waals surface area (Å²) in [6, 6.07) is 17.9. The highest BCUT2D eigenvalue weighted by Crippen LogP contribution is 2.32. The lowest BCUT2D eigenvalue weighted by molar-refractivity contribution is 0.102. The first-order valence-corrected chi connectivity index (χ1v) is 9.25. The molecule has 0 saturated heterocycles. The van der Waals surface area contributed by atoms with Crippen molar-refractivity contribution in [2.24, 2.45) is 0 Å². The molecule has 27 heavy (non-hydrogen) atoms. The van der Waals surface area contributed by atoms with E-state index in [1.54, 1.807) is 6.07 Å². The van der Waals surface area contributed by atoms with Gasteiger partial charge in [-0.15, -0.1) is 0 Å². The number of para-hydroxylation sites is 1. The largest absolute Gasteiger partial charge is 0.321 e. The second-order valence-electron chi connectivity index (χ2n) is 6.73. The molecule has 1 aliphatic heterocycles. The zero-order valence-electron chi connectivity index (χ0n) is 15.6. The van der Waals surface area contributed by atoms with Gasteiger partial charge in [-0.3, -0.25) is 4.79 Å². The first-order chi connectivity index (χ1) is 13.1. The van der Waals surface area contributed by atoms with E-state index in [1.165, 1.54) is 11.1 Å². The average molecular weight is 358 g/mol. The number of aryl methyl sites for hydroxylation is 2. The third kappa shape index (κ3) is 3.53. The van der Waals surface area contributed by atoms with Gasteiger partial charge in [0.05, 0.1) is 0 Å². The smallest absolute Gasteiger partial charge is 0.274 e. The Morgan fingerprint density at radius 3 is 2.67 bits per heavy atom. The van der Waals surface area contributed by atoms with E-state index in [0.717, 1.165) is 36.5 Å². The first kappa shape index (κ1) is 17.2. The fourth-order valence-electron chi connectivity index (χ4n) is 3.35. The predicted molar refractivity (Wildman–Crippen MR) is 108 cm³/mol. The molecular formula is C22H22N4O. The number of benzene rings is 2. The van der Waals surface area contributed by atoms with Gasteiger partial charge in [0.25, 0.3) is 5.91 Å². The summed E-state index contributed by atoms with van der Waals surface area (Å²) < 4.78 is 0. The molecule has 1 amide bonds. The molecule has 3 aromatic rings. The summed E-state index contributed by atoms with van der Waals surface area (Å²) in [5.41, 5.74) is 5.55. The quantitative estimate of drug-likeness (QED) is 0.756. The third-order valence-corrected chi connectivity index (χ3v) is 4.82. The van der Waals surface area contributed by atoms with Gasteiger partial charge in [-0.25, -0.2) is 9.97 Å². The van der Waals surface area contributed by atoms with Crippen molar-refractivity contribution < 1.29 is 4.79 Å². The lowest BCUT2D eigenvalue weighted by atomic mass is 10.1. The second-order valence-corrected chi connectivity index (χ2v) is 6.73. The van der Waals surface area contributed by atoms with Gasteiger partial charge in [0.2, 0.25) is 5.95 Å². The molecule has 0 saturated carbocycles. The molecule has 0 aliphatic carbocycles. The van der Waals surface area contributed by atoms with Crippen LogP contribution < -0.4 is 10.2 Å². The number of aromatic nitrogens is 2. The van der Waals surface area contributed by atoms with Gasteiger partial charge in [0.15, 0.2) is 0 Å². The van der Waals surface area contributed by atoms with Crippen LogP contribution >= 0.6 is 0 Å². The molecule has 0 atom stereocenters. The van der Waals surface area contributed by atoms with E-state index in [-0.39, 0.29) is 5.91 Å². The number of fused-ring (bicyclic) bond motifs is 1. The SMILES string of the molecule is CCc1ccc(NC(=O)c2cc(C)nc(N3CCc4ccccc43)n2)cc1. The molecule has 136 valence electrons. The highest BCUT2D eigenvalue weighted by atomic mass is 16.1. The zero-order valence-corrected chi connectivity index (χ0v) is 15.6. The molecule has 0 radical (unpaired) electrons. The normalized spacial score (nSPS) is 12.7. The summed E-state index contributed by atoms with van der Waals surface area (Å²) in [5, 5.41) is 2.93. The van der Waals surface area contributed by atoms with E-state index >= 15 is 0 Å². The maximum Gasteiger partial charge on any atom is 0.274 e. The Labute approximate surface area is 159 Å². The number of hydrogen-bond acceptors (Lipinski definition) is 4. The molecule has 5 nitrogen and oxygen atoms in total. The topological polar surface area (TPSA) is 58.1 Å². The van der Waals surface area contributed by atoms with Crippen molar-refractivity contribution in [2.45, 2.75) is 26.7 Å². The van der Waals surface area contributed by atoms with Gasteiger partial charge in [0, 0.05) is 23.6 Å². The van der Waals surface area contributed by atoms with E-state index in [1.807, 2.05) is 43.3 Å². The number of anilines is 3. The number of nitrogens with one attached hydrogen (secondary N) is 1. The van der Waals surface area contributed by atoms with Crippen LogP contribution in [0.15, 0.2) is 54.6 Å². The molecule has 5 heteroatoms. The van der Waals surface area contributed by atoms with Gasteiger partial charge in [-0.1, -0.05) is 37.3 Å². The van der Waals surface area contributed by atoms with E-state index < -0.39 is 0 Å². The van der Waals surface area contributed by atoms with Crippen molar-refractivity contribution >= 4 is 23.2 Å². The Morgan fingerprint density at radius 2 is 1.89 bits per heavy atom. The monoisotopic (exact) mass is 358 g/mol. The van der Waals surface area contributed by atoms with Crippen LogP contribution in [0.4, 0.5) is 17.3 Å². The van der Waals surface area contributed by atoms with Gasteiger partial charge in [0.1, 0.15) is 5.69 Å². The maximum atomic E-state index is 12.7. The average Bonchev–Trinajstić information content (AvgIpc) is 3.12. The molecule has 1 aliphatic rings. The molecule has 0 bridgehead atoms. The molecular weight excluding hydrogens is 336 g/mol. The minimum atomic E-state index is -0.224. The van der Waals surface area contributed by atoms with Crippen LogP contribution in [-0.4, -0.2) is 22.4 Å². The number of amides is 1. The molecule has 4 rings (SSSR count). The first-order valence-electron chi connectivity index (χ1n) is 9.25. The van der Waals surface area contributed by atoms with Crippen LogP contribution in [0.3, 0.4) is 0 Å². The van der Waals surface area contributed by atoms with Crippen molar-refractivity contribution in [3.05, 3.63) is 77.1 Å². The van der Waals surface area contributed by atoms with Crippen LogP contribution in [0.2, 0.25) is 0 Å². The van der Waals surface area contributed by atoms with E-state index in [9.17, 15) is 4.79 Å². The molecule has 1 aromatic heterocycles. The maximum absolute atomic E-state index is 12.7. The van der Waals surface area contributed by atoms with Crippen LogP contribution in [0.1, 0.15) is 34.2 Å². The van der Waals surface area contributed by atoms with Crippen molar-refractivity contribution in [1.29, 1.82) is 0 Å². The van der Waals surface area contributed by atoms with Crippen LogP contribution in [0, 0.1) is 6.92 Å². The van der Waals surface area contributed by atoms with E-state index in [0.29, 0.717) is 11.6 Å². The fourth-order valence-corrected chi connectivity index (χ4v) is 3.35. The standard InChI is InChI=1S/C22H22N4O/c1-3-16-8-10-18(11-9-16)24-21(27)19-14-15(2)23-22(25-19)26-13-12-17-6-4-5-7-20(17)26/h4-11,14H,3,12-13H2,1-2H3,(H,24,27). The van der Waals surface area contributed by atoms with Crippen molar-refractivity contribution in [3.8, 4) is 0 Å². The summed E-state index contributed by atoms with van der Waals surface area (Å²) in [7, 11) is 0. The van der Waals surface area contributed by atoms with Crippen LogP contribution in [0.25, 0.3) is 0 Å². The molecule has 0 spiro atoms. The van der Waals surface area contributed by atoms with Crippen LogP contribution in [0.5, 0.6) is 0 Å². The minimum absolute atomic E-state index is 0.224. The fraction of sp³-hybridized carbons (Fsp3) is 0.227. The molecule has 2 heterocycles. The predicted octanol–water partition coefficient (Wildman–Crippen LogP) is 4.29. The highest BCUT2D eigenvalue weighted by molar-refractivity contribution is 6.03. The Kier molecular flexibility index (Phi) is 4.59. The van der Waals surface area contributed by atoms with Gasteiger partial charge < -0.3 is 10.2 Å². The summed E-state index contributed by atoms with van der Waals surface area (Å²) in [5.74, 6) is 0.352. The summed E-state index contributed by atoms with van der Waals surface area (Å²) in [6.07, 6.45) is 1.93. The number of carbonyl (C=O) groups is 1. The number of hydrogen-bond donors (Lipinski definition) is 1. The van der Waals surface area contributed by atoms with Crippen molar-refractivity contribution in [2.75, 3.05) is 16.8 Å². The minimum Gasteiger partial charge on any atom is -0.321 e. The number of nitrogens with zero attached hydrogens (tertiary/aromatic N) is 3. The lowest BCUT2D eigenvalue weighted by Crippen LogP contribution is -2.20. The summed E-state index contributed by atoms with van der Waals surface area (Å²) >= 11 is 0. The summed E-state index contributed by atoms with van der Waals surface area (Å²) in [6.45, 7) is 4.82. The van der Waals surface area contributed by atoms with Crippen molar-refractivity contribution in [3.63, 3.8) is 0 Å². The molecule has 0 unspecified atom stereocenters. The summed E-state index contributed by atoms with van der Waals surface area (Å²) in [4.78, 5) is 23.9. The zero-order chi connectivity index (χ0) is 18.8. The Hall–Kier alpha value is -3.21. The highest BCUT2D eigenvalue weighted by Gasteiger charge is 2.23. The Morgan fingerprint density at radius 1 is 1.11 bits per heavy atom. The van der Waals surface area contributed by atoms with E-state index in [2.05, 4.69) is 39.2 Å². The van der Waals surface area contributed by atoms with Gasteiger partial charge in [-0.05, 0) is 55.2 Å². The van der Waals surface area contributed by atoms with E-state index in [4.69, 9.17) is 0 Å².